The largest absolute Gasteiger partial charge is 0.310 e. The fourth-order valence-electron chi connectivity index (χ4n) is 3.14. The summed E-state index contributed by atoms with van der Waals surface area (Å²) < 4.78 is 0. The summed E-state index contributed by atoms with van der Waals surface area (Å²) in [5, 5.41) is 3.54. The molecule has 1 N–H and O–H groups in total. The highest BCUT2D eigenvalue weighted by molar-refractivity contribution is 5.28. The lowest BCUT2D eigenvalue weighted by atomic mass is 9.92. The van der Waals surface area contributed by atoms with Crippen LogP contribution in [0.15, 0.2) is 30.5 Å². The third-order valence-corrected chi connectivity index (χ3v) is 4.13. The molecule has 21 heavy (non-hydrogen) atoms. The summed E-state index contributed by atoms with van der Waals surface area (Å²) in [6, 6.07) is 9.02. The summed E-state index contributed by atoms with van der Waals surface area (Å²) in [5.41, 5.74) is 5.12. The number of aromatic nitrogens is 2. The van der Waals surface area contributed by atoms with E-state index in [1.807, 2.05) is 6.20 Å². The van der Waals surface area contributed by atoms with Gasteiger partial charge in [0.25, 0.3) is 0 Å². The van der Waals surface area contributed by atoms with Crippen molar-refractivity contribution >= 4 is 0 Å². The van der Waals surface area contributed by atoms with E-state index in [0.29, 0.717) is 6.04 Å². The molecule has 0 amide bonds. The van der Waals surface area contributed by atoms with Gasteiger partial charge in [-0.25, -0.2) is 9.97 Å². The average Bonchev–Trinajstić information content (AvgIpc) is 2.48. The molecule has 1 atom stereocenters. The third-order valence-electron chi connectivity index (χ3n) is 4.13. The molecule has 1 aliphatic rings. The Morgan fingerprint density at radius 1 is 1.33 bits per heavy atom. The number of benzene rings is 1. The van der Waals surface area contributed by atoms with E-state index in [1.165, 1.54) is 35.2 Å². The van der Waals surface area contributed by atoms with Crippen molar-refractivity contribution in [1.82, 2.24) is 15.3 Å². The quantitative estimate of drug-likeness (QED) is 0.933. The van der Waals surface area contributed by atoms with Gasteiger partial charge in [0.1, 0.15) is 5.82 Å². The van der Waals surface area contributed by atoms with Gasteiger partial charge in [-0.15, -0.1) is 0 Å². The number of hydrogen-bond donors (Lipinski definition) is 1. The molecule has 3 heteroatoms. The third kappa shape index (κ3) is 3.30. The Morgan fingerprint density at radius 2 is 2.24 bits per heavy atom. The maximum atomic E-state index is 4.82. The van der Waals surface area contributed by atoms with Gasteiger partial charge < -0.3 is 5.32 Å². The van der Waals surface area contributed by atoms with E-state index in [-0.39, 0.29) is 0 Å². The average molecular weight is 281 g/mol. The van der Waals surface area contributed by atoms with Crippen LogP contribution in [-0.4, -0.2) is 16.5 Å². The first-order valence-corrected chi connectivity index (χ1v) is 7.90. The van der Waals surface area contributed by atoms with Crippen molar-refractivity contribution in [1.29, 1.82) is 0 Å². The molecule has 0 bridgehead atoms. The van der Waals surface area contributed by atoms with Gasteiger partial charge in [0.05, 0.1) is 0 Å². The van der Waals surface area contributed by atoms with E-state index >= 15 is 0 Å². The zero-order valence-corrected chi connectivity index (χ0v) is 12.9. The number of nitrogens with one attached hydrogen (secondary N) is 1. The van der Waals surface area contributed by atoms with Crippen LogP contribution in [0.5, 0.6) is 0 Å². The van der Waals surface area contributed by atoms with Gasteiger partial charge >= 0.3 is 0 Å². The van der Waals surface area contributed by atoms with Gasteiger partial charge in [0.15, 0.2) is 0 Å². The van der Waals surface area contributed by atoms with E-state index in [1.54, 1.807) is 0 Å². The van der Waals surface area contributed by atoms with Gasteiger partial charge in [-0.2, -0.15) is 0 Å². The van der Waals surface area contributed by atoms with Gasteiger partial charge in [-0.1, -0.05) is 36.8 Å². The molecule has 1 unspecified atom stereocenters. The lowest BCUT2D eigenvalue weighted by Crippen LogP contribution is -2.26. The monoisotopic (exact) mass is 281 g/mol. The summed E-state index contributed by atoms with van der Waals surface area (Å²) in [7, 11) is 0. The van der Waals surface area contributed by atoms with Crippen LogP contribution in [0.2, 0.25) is 0 Å². The van der Waals surface area contributed by atoms with Gasteiger partial charge in [-0.3, -0.25) is 0 Å². The Bertz CT molecular complexity index is 622. The first kappa shape index (κ1) is 14.2. The molecule has 1 aromatic carbocycles. The van der Waals surface area contributed by atoms with Gasteiger partial charge in [0, 0.05) is 29.9 Å². The van der Waals surface area contributed by atoms with E-state index in [0.717, 1.165) is 25.2 Å². The smallest absolute Gasteiger partial charge is 0.132 e. The maximum Gasteiger partial charge on any atom is 0.132 e. The fourth-order valence-corrected chi connectivity index (χ4v) is 3.14. The van der Waals surface area contributed by atoms with Crippen LogP contribution in [0.25, 0.3) is 0 Å². The Labute approximate surface area is 126 Å². The number of rotatable bonds is 4. The van der Waals surface area contributed by atoms with Crippen molar-refractivity contribution in [3.8, 4) is 0 Å². The van der Waals surface area contributed by atoms with Crippen LogP contribution < -0.4 is 5.32 Å². The topological polar surface area (TPSA) is 37.8 Å². The molecular weight excluding hydrogens is 258 g/mol. The molecule has 0 aliphatic heterocycles. The van der Waals surface area contributed by atoms with E-state index < -0.39 is 0 Å². The second-order valence-corrected chi connectivity index (χ2v) is 5.86. The molecule has 2 aromatic rings. The summed E-state index contributed by atoms with van der Waals surface area (Å²) in [4.78, 5) is 9.42. The van der Waals surface area contributed by atoms with Crippen molar-refractivity contribution in [2.45, 2.75) is 45.6 Å². The zero-order valence-electron chi connectivity index (χ0n) is 12.9. The molecule has 0 spiro atoms. The highest BCUT2D eigenvalue weighted by atomic mass is 14.9. The predicted molar refractivity (Wildman–Crippen MR) is 85.4 cm³/mol. The van der Waals surface area contributed by atoms with Crippen LogP contribution in [0.4, 0.5) is 0 Å². The second-order valence-electron chi connectivity index (χ2n) is 5.86. The van der Waals surface area contributed by atoms with Crippen molar-refractivity contribution in [3.05, 3.63) is 58.7 Å². The highest BCUT2D eigenvalue weighted by Gasteiger charge is 2.21. The summed E-state index contributed by atoms with van der Waals surface area (Å²) in [6.45, 7) is 5.27. The molecule has 0 saturated heterocycles. The minimum absolute atomic E-state index is 0.437. The van der Waals surface area contributed by atoms with Crippen LogP contribution in [0.1, 0.15) is 54.0 Å². The summed E-state index contributed by atoms with van der Waals surface area (Å²) in [5.74, 6) is 0.941. The Morgan fingerprint density at radius 3 is 3.05 bits per heavy atom. The number of hydrogen-bond acceptors (Lipinski definition) is 3. The molecule has 1 aliphatic carbocycles. The van der Waals surface area contributed by atoms with Crippen molar-refractivity contribution in [2.24, 2.45) is 0 Å². The zero-order chi connectivity index (χ0) is 14.7. The minimum Gasteiger partial charge on any atom is -0.310 e. The van der Waals surface area contributed by atoms with Crippen LogP contribution in [0, 0.1) is 6.92 Å². The van der Waals surface area contributed by atoms with Crippen molar-refractivity contribution < 1.29 is 0 Å². The van der Waals surface area contributed by atoms with E-state index in [4.69, 9.17) is 4.98 Å². The first-order chi connectivity index (χ1) is 10.3. The molecule has 0 fully saturated rings. The molecular formula is C18H23N3. The highest BCUT2D eigenvalue weighted by Crippen LogP contribution is 2.28. The molecule has 1 aromatic heterocycles. The standard InChI is InChI=1S/C18H23N3/c1-3-19-16-8-5-9-17-15(16)12-20-18(21-17)11-14-7-4-6-13(2)10-14/h4,6-7,10,12,16,19H,3,5,8-9,11H2,1-2H3. The Balaban J connectivity index is 1.82. The number of nitrogens with zero attached hydrogens (tertiary/aromatic N) is 2. The molecule has 1 heterocycles. The lowest BCUT2D eigenvalue weighted by molar-refractivity contribution is 0.463. The number of aryl methyl sites for hydroxylation is 2. The Kier molecular flexibility index (Phi) is 4.30. The van der Waals surface area contributed by atoms with Crippen LogP contribution in [0.3, 0.4) is 0 Å². The summed E-state index contributed by atoms with van der Waals surface area (Å²) >= 11 is 0. The van der Waals surface area contributed by atoms with E-state index in [9.17, 15) is 0 Å². The van der Waals surface area contributed by atoms with Crippen LogP contribution >= 0.6 is 0 Å². The SMILES string of the molecule is CCNC1CCCc2nc(Cc3cccc(C)c3)ncc21. The second kappa shape index (κ2) is 6.35. The lowest BCUT2D eigenvalue weighted by Gasteiger charge is -2.25. The normalized spacial score (nSPS) is 17.5. The van der Waals surface area contributed by atoms with Gasteiger partial charge in [0.2, 0.25) is 0 Å². The summed E-state index contributed by atoms with van der Waals surface area (Å²) in [6.07, 6.45) is 6.36. The molecule has 3 nitrogen and oxygen atoms in total. The first-order valence-electron chi connectivity index (χ1n) is 7.90. The molecule has 3 rings (SSSR count). The molecule has 0 saturated carbocycles. The minimum atomic E-state index is 0.437. The predicted octanol–water partition coefficient (Wildman–Crippen LogP) is 3.36. The van der Waals surface area contributed by atoms with Crippen molar-refractivity contribution in [3.63, 3.8) is 0 Å². The molecule has 110 valence electrons. The molecule has 0 radical (unpaired) electrons. The Hall–Kier alpha value is -1.74. The van der Waals surface area contributed by atoms with Crippen LogP contribution in [-0.2, 0) is 12.8 Å². The van der Waals surface area contributed by atoms with Gasteiger partial charge in [-0.05, 0) is 38.3 Å². The van der Waals surface area contributed by atoms with E-state index in [2.05, 4.69) is 48.4 Å². The fraction of sp³-hybridized carbons (Fsp3) is 0.444. The maximum absolute atomic E-state index is 4.82. The van der Waals surface area contributed by atoms with Crippen molar-refractivity contribution in [2.75, 3.05) is 6.54 Å². The number of fused-ring (bicyclic) bond motifs is 1.